The van der Waals surface area contributed by atoms with Crippen LogP contribution in [0.15, 0.2) is 87.2 Å². The van der Waals surface area contributed by atoms with Crippen molar-refractivity contribution in [1.29, 1.82) is 0 Å². The van der Waals surface area contributed by atoms with Gasteiger partial charge in [0, 0.05) is 6.20 Å². The molecule has 0 unspecified atom stereocenters. The molecule has 1 amide bonds. The van der Waals surface area contributed by atoms with E-state index in [1.165, 1.54) is 16.2 Å². The first kappa shape index (κ1) is 22.1. The molecule has 1 aromatic carbocycles. The van der Waals surface area contributed by atoms with E-state index in [4.69, 9.17) is 16.6 Å². The van der Waals surface area contributed by atoms with Crippen molar-refractivity contribution in [2.75, 3.05) is 5.32 Å². The summed E-state index contributed by atoms with van der Waals surface area (Å²) >= 11 is 6.72. The number of thiocarbonyl (C=S) groups is 1. The van der Waals surface area contributed by atoms with E-state index in [9.17, 15) is 9.59 Å². The molecule has 1 atom stereocenters. The Morgan fingerprint density at radius 2 is 1.91 bits per heavy atom. The molecule has 170 valence electrons. The van der Waals surface area contributed by atoms with Crippen LogP contribution in [0.25, 0.3) is 11.7 Å². The molecule has 7 nitrogen and oxygen atoms in total. The summed E-state index contributed by atoms with van der Waals surface area (Å²) in [5.41, 5.74) is 1.47. The molecule has 34 heavy (non-hydrogen) atoms. The van der Waals surface area contributed by atoms with Gasteiger partial charge in [-0.1, -0.05) is 60.4 Å². The molecular weight excluding hydrogens is 468 g/mol. The lowest BCUT2D eigenvalue weighted by Gasteiger charge is -2.23. The van der Waals surface area contributed by atoms with Crippen molar-refractivity contribution in [3.05, 3.63) is 105 Å². The molecule has 0 saturated carbocycles. The van der Waals surface area contributed by atoms with Crippen LogP contribution in [0.5, 0.6) is 0 Å². The number of carbonyl (C=O) groups excluding carboxylic acids is 1. The van der Waals surface area contributed by atoms with Crippen LogP contribution in [-0.2, 0) is 11.3 Å². The van der Waals surface area contributed by atoms with E-state index in [1.807, 2.05) is 49.4 Å². The maximum absolute atomic E-state index is 13.4. The highest BCUT2D eigenvalue weighted by Gasteiger charge is 2.36. The van der Waals surface area contributed by atoms with Crippen molar-refractivity contribution in [3.63, 3.8) is 0 Å². The third-order valence-corrected chi connectivity index (χ3v) is 6.88. The second-order valence-electron chi connectivity index (χ2n) is 7.68. The number of furan rings is 1. The van der Waals surface area contributed by atoms with Crippen LogP contribution in [-0.4, -0.2) is 24.5 Å². The Hall–Kier alpha value is -3.69. The molecule has 9 heteroatoms. The van der Waals surface area contributed by atoms with Gasteiger partial charge in [0.25, 0.3) is 11.5 Å². The molecule has 1 N–H and O–H groups in total. The molecule has 5 rings (SSSR count). The predicted molar refractivity (Wildman–Crippen MR) is 137 cm³/mol. The number of thioether (sulfide) groups is 1. The number of benzene rings is 1. The summed E-state index contributed by atoms with van der Waals surface area (Å²) in [6.45, 7) is 2.28. The Morgan fingerprint density at radius 3 is 2.68 bits per heavy atom. The Labute approximate surface area is 205 Å². The maximum Gasteiger partial charge on any atom is 0.267 e. The lowest BCUT2D eigenvalue weighted by atomic mass is 10.1. The number of pyridine rings is 1. The van der Waals surface area contributed by atoms with Gasteiger partial charge in [-0.2, -0.15) is 0 Å². The number of hydrogen-bond donors (Lipinski definition) is 1. The third-order valence-electron chi connectivity index (χ3n) is 5.55. The average Bonchev–Trinajstić information content (AvgIpc) is 3.47. The van der Waals surface area contributed by atoms with E-state index in [-0.39, 0.29) is 23.1 Å². The maximum atomic E-state index is 13.4. The second-order valence-corrected chi connectivity index (χ2v) is 9.36. The molecule has 4 heterocycles. The summed E-state index contributed by atoms with van der Waals surface area (Å²) in [5.74, 6) is 0.832. The van der Waals surface area contributed by atoms with Gasteiger partial charge in [-0.25, -0.2) is 4.98 Å². The zero-order valence-electron chi connectivity index (χ0n) is 18.2. The molecule has 0 bridgehead atoms. The van der Waals surface area contributed by atoms with Crippen molar-refractivity contribution < 1.29 is 9.21 Å². The number of carbonyl (C=O) groups is 1. The fraction of sp³-hybridized carbons (Fsp3) is 0.120. The molecule has 1 aliphatic rings. The van der Waals surface area contributed by atoms with E-state index >= 15 is 0 Å². The minimum Gasteiger partial charge on any atom is -0.467 e. The van der Waals surface area contributed by atoms with Gasteiger partial charge in [0.1, 0.15) is 21.5 Å². The smallest absolute Gasteiger partial charge is 0.267 e. The van der Waals surface area contributed by atoms with Crippen molar-refractivity contribution in [1.82, 2.24) is 14.3 Å². The number of aromatic nitrogens is 2. The predicted octanol–water partition coefficient (Wildman–Crippen LogP) is 4.86. The SMILES string of the molecule is C[C@@H](c1ccccc1)N1C(=O)/C(=C/c2c(NCc3ccco3)nc3ccccn3c2=O)SC1=S. The van der Waals surface area contributed by atoms with E-state index in [1.54, 1.807) is 41.6 Å². The summed E-state index contributed by atoms with van der Waals surface area (Å²) in [6.07, 6.45) is 4.82. The Morgan fingerprint density at radius 1 is 1.12 bits per heavy atom. The normalized spacial score (nSPS) is 15.9. The topological polar surface area (TPSA) is 79.8 Å². The summed E-state index contributed by atoms with van der Waals surface area (Å²) in [6, 6.07) is 18.4. The number of rotatable bonds is 6. The van der Waals surface area contributed by atoms with Gasteiger partial charge in [-0.05, 0) is 42.8 Å². The van der Waals surface area contributed by atoms with Crippen molar-refractivity contribution in [2.45, 2.75) is 19.5 Å². The van der Waals surface area contributed by atoms with Gasteiger partial charge < -0.3 is 9.73 Å². The number of amides is 1. The van der Waals surface area contributed by atoms with Gasteiger partial charge in [0.15, 0.2) is 0 Å². The fourth-order valence-corrected chi connectivity index (χ4v) is 5.18. The quantitative estimate of drug-likeness (QED) is 0.307. The highest BCUT2D eigenvalue weighted by atomic mass is 32.2. The summed E-state index contributed by atoms with van der Waals surface area (Å²) in [7, 11) is 0. The van der Waals surface area contributed by atoms with Crippen LogP contribution in [0.2, 0.25) is 0 Å². The van der Waals surface area contributed by atoms with Crippen LogP contribution in [0.1, 0.15) is 29.9 Å². The Bertz CT molecular complexity index is 1460. The average molecular weight is 489 g/mol. The van der Waals surface area contributed by atoms with Crippen molar-refractivity contribution in [2.24, 2.45) is 0 Å². The minimum atomic E-state index is -0.283. The van der Waals surface area contributed by atoms with Gasteiger partial charge in [-0.15, -0.1) is 0 Å². The van der Waals surface area contributed by atoms with E-state index in [0.717, 1.165) is 5.56 Å². The van der Waals surface area contributed by atoms with Crippen molar-refractivity contribution in [3.8, 4) is 0 Å². The summed E-state index contributed by atoms with van der Waals surface area (Å²) in [5, 5.41) is 3.18. The number of nitrogens with zero attached hydrogens (tertiary/aromatic N) is 3. The zero-order chi connectivity index (χ0) is 23.7. The highest BCUT2D eigenvalue weighted by Crippen LogP contribution is 2.38. The largest absolute Gasteiger partial charge is 0.467 e. The van der Waals surface area contributed by atoms with Crippen LogP contribution in [0.3, 0.4) is 0 Å². The van der Waals surface area contributed by atoms with Crippen LogP contribution < -0.4 is 10.9 Å². The first-order chi connectivity index (χ1) is 16.5. The molecule has 0 spiro atoms. The third kappa shape index (κ3) is 4.15. The fourth-order valence-electron chi connectivity index (χ4n) is 3.78. The van der Waals surface area contributed by atoms with E-state index in [0.29, 0.717) is 33.0 Å². The van der Waals surface area contributed by atoms with Gasteiger partial charge in [-0.3, -0.25) is 18.9 Å². The van der Waals surface area contributed by atoms with Gasteiger partial charge in [0.05, 0.1) is 29.3 Å². The van der Waals surface area contributed by atoms with Crippen LogP contribution in [0, 0.1) is 0 Å². The second kappa shape index (κ2) is 9.28. The summed E-state index contributed by atoms with van der Waals surface area (Å²) in [4.78, 5) is 33.3. The lowest BCUT2D eigenvalue weighted by molar-refractivity contribution is -0.123. The number of nitrogens with one attached hydrogen (secondary N) is 1. The lowest BCUT2D eigenvalue weighted by Crippen LogP contribution is -2.31. The molecule has 0 aliphatic carbocycles. The first-order valence-electron chi connectivity index (χ1n) is 10.6. The molecule has 1 saturated heterocycles. The minimum absolute atomic E-state index is 0.230. The molecule has 0 radical (unpaired) electrons. The Balaban J connectivity index is 1.54. The molecule has 4 aromatic rings. The monoisotopic (exact) mass is 488 g/mol. The summed E-state index contributed by atoms with van der Waals surface area (Å²) < 4.78 is 7.29. The Kier molecular flexibility index (Phi) is 6.04. The van der Waals surface area contributed by atoms with Crippen molar-refractivity contribution >= 4 is 51.7 Å². The van der Waals surface area contributed by atoms with E-state index in [2.05, 4.69) is 10.3 Å². The van der Waals surface area contributed by atoms with Gasteiger partial charge in [0.2, 0.25) is 0 Å². The molecular formula is C25H20N4O3S2. The standard InChI is InChI=1S/C25H20N4O3S2/c1-16(17-8-3-2-4-9-17)29-24(31)20(34-25(29)33)14-19-22(26-15-18-10-7-13-32-18)27-21-11-5-6-12-28(21)23(19)30/h2-14,16,26H,15H2,1H3/b20-14-/t16-/m0/s1. The molecule has 1 fully saturated rings. The van der Waals surface area contributed by atoms with Gasteiger partial charge >= 0.3 is 0 Å². The highest BCUT2D eigenvalue weighted by molar-refractivity contribution is 8.26. The van der Waals surface area contributed by atoms with Crippen LogP contribution in [0.4, 0.5) is 5.82 Å². The van der Waals surface area contributed by atoms with E-state index < -0.39 is 0 Å². The molecule has 1 aliphatic heterocycles. The molecule has 3 aromatic heterocycles. The zero-order valence-corrected chi connectivity index (χ0v) is 19.8. The number of hydrogen-bond acceptors (Lipinski definition) is 7. The first-order valence-corrected chi connectivity index (χ1v) is 11.8. The number of fused-ring (bicyclic) bond motifs is 1. The van der Waals surface area contributed by atoms with Crippen LogP contribution >= 0.6 is 24.0 Å². The number of anilines is 1.